The molecule has 7 nitrogen and oxygen atoms in total. The van der Waals surface area contributed by atoms with Gasteiger partial charge in [0.2, 0.25) is 10.0 Å². The second kappa shape index (κ2) is 8.88. The smallest absolute Gasteiger partial charge is 0.340 e. The maximum Gasteiger partial charge on any atom is 0.340 e. The van der Waals surface area contributed by atoms with Crippen LogP contribution in [-0.4, -0.2) is 33.2 Å². The van der Waals surface area contributed by atoms with Gasteiger partial charge in [0.15, 0.2) is 6.61 Å². The predicted molar refractivity (Wildman–Crippen MR) is 103 cm³/mol. The van der Waals surface area contributed by atoms with E-state index < -0.39 is 28.5 Å². The third-order valence-corrected chi connectivity index (χ3v) is 4.37. The van der Waals surface area contributed by atoms with E-state index in [1.54, 1.807) is 43.3 Å². The molecule has 2 aromatic rings. The van der Waals surface area contributed by atoms with Crippen LogP contribution >= 0.6 is 11.6 Å². The van der Waals surface area contributed by atoms with E-state index in [9.17, 15) is 18.0 Å². The van der Waals surface area contributed by atoms with Crippen LogP contribution in [0.5, 0.6) is 0 Å². The second-order valence-corrected chi connectivity index (χ2v) is 8.02. The van der Waals surface area contributed by atoms with E-state index >= 15 is 0 Å². The van der Waals surface area contributed by atoms with Crippen molar-refractivity contribution in [2.45, 2.75) is 13.0 Å². The van der Waals surface area contributed by atoms with Crippen molar-refractivity contribution in [3.63, 3.8) is 0 Å². The highest BCUT2D eigenvalue weighted by Crippen LogP contribution is 2.18. The lowest BCUT2D eigenvalue weighted by Gasteiger charge is -2.15. The van der Waals surface area contributed by atoms with Gasteiger partial charge in [0, 0.05) is 5.02 Å². The molecule has 2 N–H and O–H groups in total. The minimum absolute atomic E-state index is 0.0153. The van der Waals surface area contributed by atoms with Gasteiger partial charge in [-0.2, -0.15) is 0 Å². The molecule has 0 bridgehead atoms. The first-order valence-corrected chi connectivity index (χ1v) is 10.2. The highest BCUT2D eigenvalue weighted by Gasteiger charge is 2.17. The molecule has 0 saturated heterocycles. The Morgan fingerprint density at radius 3 is 2.37 bits per heavy atom. The molecule has 27 heavy (non-hydrogen) atoms. The van der Waals surface area contributed by atoms with Gasteiger partial charge >= 0.3 is 5.97 Å². The van der Waals surface area contributed by atoms with Gasteiger partial charge < -0.3 is 10.1 Å². The van der Waals surface area contributed by atoms with Crippen molar-refractivity contribution in [3.05, 3.63) is 64.7 Å². The number of rotatable bonds is 7. The number of hydrogen-bond acceptors (Lipinski definition) is 5. The fourth-order valence-corrected chi connectivity index (χ4v) is 2.98. The van der Waals surface area contributed by atoms with E-state index in [0.29, 0.717) is 5.02 Å². The Morgan fingerprint density at radius 2 is 1.74 bits per heavy atom. The maximum absolute atomic E-state index is 12.2. The molecular formula is C18H19ClN2O5S. The van der Waals surface area contributed by atoms with Crippen LogP contribution in [0.1, 0.15) is 28.9 Å². The minimum atomic E-state index is -3.56. The highest BCUT2D eigenvalue weighted by molar-refractivity contribution is 7.92. The van der Waals surface area contributed by atoms with Gasteiger partial charge in [-0.3, -0.25) is 9.52 Å². The molecule has 0 fully saturated rings. The first kappa shape index (κ1) is 20.7. The van der Waals surface area contributed by atoms with Crippen molar-refractivity contribution < 1.29 is 22.7 Å². The normalized spacial score (nSPS) is 12.1. The average Bonchev–Trinajstić information content (AvgIpc) is 2.59. The summed E-state index contributed by atoms with van der Waals surface area (Å²) in [6.45, 7) is 1.29. The van der Waals surface area contributed by atoms with Gasteiger partial charge in [-0.25, -0.2) is 13.2 Å². The van der Waals surface area contributed by atoms with Gasteiger partial charge in [-0.05, 0) is 36.8 Å². The molecule has 1 atom stereocenters. The zero-order valence-corrected chi connectivity index (χ0v) is 16.3. The number of para-hydroxylation sites is 1. The largest absolute Gasteiger partial charge is 0.452 e. The number of sulfonamides is 1. The van der Waals surface area contributed by atoms with Gasteiger partial charge in [-0.15, -0.1) is 0 Å². The summed E-state index contributed by atoms with van der Waals surface area (Å²) in [5.41, 5.74) is 0.947. The average molecular weight is 411 g/mol. The zero-order chi connectivity index (χ0) is 20.0. The van der Waals surface area contributed by atoms with Crippen LogP contribution in [0.4, 0.5) is 5.69 Å². The minimum Gasteiger partial charge on any atom is -0.452 e. The topological polar surface area (TPSA) is 102 Å². The van der Waals surface area contributed by atoms with Crippen molar-refractivity contribution in [1.82, 2.24) is 5.32 Å². The van der Waals surface area contributed by atoms with E-state index in [-0.39, 0.29) is 17.3 Å². The number of amides is 1. The van der Waals surface area contributed by atoms with Crippen molar-refractivity contribution >= 4 is 39.2 Å². The number of esters is 1. The first-order valence-electron chi connectivity index (χ1n) is 7.94. The molecule has 2 aromatic carbocycles. The lowest BCUT2D eigenvalue weighted by molar-refractivity contribution is -0.124. The molecule has 0 saturated carbocycles. The molecule has 1 amide bonds. The molecule has 0 spiro atoms. The van der Waals surface area contributed by atoms with Crippen molar-refractivity contribution in [3.8, 4) is 0 Å². The van der Waals surface area contributed by atoms with Crippen LogP contribution in [0.25, 0.3) is 0 Å². The van der Waals surface area contributed by atoms with Gasteiger partial charge in [0.1, 0.15) is 0 Å². The molecule has 9 heteroatoms. The number of benzene rings is 2. The Kier molecular flexibility index (Phi) is 6.81. The molecule has 0 heterocycles. The third kappa shape index (κ3) is 6.58. The fraction of sp³-hybridized carbons (Fsp3) is 0.222. The number of anilines is 1. The fourth-order valence-electron chi connectivity index (χ4n) is 2.28. The van der Waals surface area contributed by atoms with Crippen molar-refractivity contribution in [1.29, 1.82) is 0 Å². The summed E-state index contributed by atoms with van der Waals surface area (Å²) in [5.74, 6) is -1.30. The number of carbonyl (C=O) groups excluding carboxylic acids is 2. The quantitative estimate of drug-likeness (QED) is 0.683. The summed E-state index contributed by atoms with van der Waals surface area (Å²) in [5, 5.41) is 3.29. The Bertz CT molecular complexity index is 929. The summed E-state index contributed by atoms with van der Waals surface area (Å²) in [7, 11) is -3.56. The van der Waals surface area contributed by atoms with Crippen LogP contribution in [0.2, 0.25) is 5.02 Å². The maximum atomic E-state index is 12.2. The number of ether oxygens (including phenoxy) is 1. The van der Waals surface area contributed by atoms with Gasteiger partial charge in [0.25, 0.3) is 5.91 Å². The van der Waals surface area contributed by atoms with E-state index in [0.717, 1.165) is 11.8 Å². The van der Waals surface area contributed by atoms with E-state index in [1.807, 2.05) is 0 Å². The van der Waals surface area contributed by atoms with Crippen LogP contribution in [-0.2, 0) is 19.6 Å². The summed E-state index contributed by atoms with van der Waals surface area (Å²) in [6.07, 6.45) is 0.973. The number of halogens is 1. The van der Waals surface area contributed by atoms with Crippen molar-refractivity contribution in [2.75, 3.05) is 17.6 Å². The Labute approximate surface area is 162 Å². The SMILES string of the molecule is C[C@H](NC(=O)COC(=O)c1ccccc1NS(C)(=O)=O)c1ccc(Cl)cc1. The van der Waals surface area contributed by atoms with Gasteiger partial charge in [-0.1, -0.05) is 35.9 Å². The van der Waals surface area contributed by atoms with Crippen LogP contribution < -0.4 is 10.0 Å². The van der Waals surface area contributed by atoms with Gasteiger partial charge in [0.05, 0.1) is 23.5 Å². The zero-order valence-electron chi connectivity index (χ0n) is 14.7. The molecule has 0 unspecified atom stereocenters. The highest BCUT2D eigenvalue weighted by atomic mass is 35.5. The third-order valence-electron chi connectivity index (χ3n) is 3.52. The van der Waals surface area contributed by atoms with E-state index in [4.69, 9.17) is 16.3 Å². The van der Waals surface area contributed by atoms with E-state index in [2.05, 4.69) is 10.0 Å². The Hall–Kier alpha value is -2.58. The van der Waals surface area contributed by atoms with Crippen molar-refractivity contribution in [2.24, 2.45) is 0 Å². The Morgan fingerprint density at radius 1 is 1.11 bits per heavy atom. The van der Waals surface area contributed by atoms with Crippen LogP contribution in [0.15, 0.2) is 48.5 Å². The molecule has 0 aliphatic carbocycles. The first-order chi connectivity index (χ1) is 12.7. The lowest BCUT2D eigenvalue weighted by atomic mass is 10.1. The summed E-state index contributed by atoms with van der Waals surface area (Å²) < 4.78 is 30.0. The molecule has 0 radical (unpaired) electrons. The number of nitrogens with one attached hydrogen (secondary N) is 2. The molecule has 2 rings (SSSR count). The molecule has 0 aromatic heterocycles. The standard InChI is InChI=1S/C18H19ClN2O5S/c1-12(13-7-9-14(19)10-8-13)20-17(22)11-26-18(23)15-5-3-4-6-16(15)21-27(2,24)25/h3-10,12,21H,11H2,1-2H3,(H,20,22)/t12-/m0/s1. The monoisotopic (exact) mass is 410 g/mol. The molecular weight excluding hydrogens is 392 g/mol. The number of carbonyl (C=O) groups is 2. The molecule has 0 aliphatic rings. The predicted octanol–water partition coefficient (Wildman–Crippen LogP) is 2.75. The molecule has 0 aliphatic heterocycles. The summed E-state index contributed by atoms with van der Waals surface area (Å²) in [4.78, 5) is 24.2. The van der Waals surface area contributed by atoms with Crippen LogP contribution in [0.3, 0.4) is 0 Å². The lowest BCUT2D eigenvalue weighted by Crippen LogP contribution is -2.31. The van der Waals surface area contributed by atoms with Crippen LogP contribution in [0, 0.1) is 0 Å². The summed E-state index contributed by atoms with van der Waals surface area (Å²) >= 11 is 5.83. The summed E-state index contributed by atoms with van der Waals surface area (Å²) in [6, 6.07) is 12.7. The van der Waals surface area contributed by atoms with E-state index in [1.165, 1.54) is 12.1 Å². The second-order valence-electron chi connectivity index (χ2n) is 5.84. The molecule has 144 valence electrons. The number of hydrogen-bond donors (Lipinski definition) is 2. The Balaban J connectivity index is 1.95.